The van der Waals surface area contributed by atoms with Crippen molar-refractivity contribution in [2.75, 3.05) is 20.3 Å². The minimum Gasteiger partial charge on any atom is -0.381 e. The summed E-state index contributed by atoms with van der Waals surface area (Å²) < 4.78 is 5.43. The number of ether oxygens (including phenoxy) is 1. The molecule has 1 unspecified atom stereocenters. The maximum absolute atomic E-state index is 5.43. The van der Waals surface area contributed by atoms with E-state index >= 15 is 0 Å². The van der Waals surface area contributed by atoms with E-state index in [1.165, 1.54) is 24.8 Å². The standard InChI is InChI=1S/C14H23NOS/c1-3-12-6-9-17-14(12)13(15-2)10-11-4-7-16-8-5-11/h6,9,11,13,15H,3-5,7-8,10H2,1-2H3. The van der Waals surface area contributed by atoms with Gasteiger partial charge in [-0.1, -0.05) is 6.92 Å². The van der Waals surface area contributed by atoms with E-state index in [9.17, 15) is 0 Å². The summed E-state index contributed by atoms with van der Waals surface area (Å²) in [6.07, 6.45) is 4.86. The Balaban J connectivity index is 2.00. The van der Waals surface area contributed by atoms with Crippen LogP contribution in [0.2, 0.25) is 0 Å². The first-order valence-corrected chi connectivity index (χ1v) is 7.54. The second-order valence-electron chi connectivity index (χ2n) is 4.80. The lowest BCUT2D eigenvalue weighted by Gasteiger charge is -2.26. The van der Waals surface area contributed by atoms with Crippen molar-refractivity contribution in [3.8, 4) is 0 Å². The van der Waals surface area contributed by atoms with Gasteiger partial charge in [-0.25, -0.2) is 0 Å². The van der Waals surface area contributed by atoms with Gasteiger partial charge >= 0.3 is 0 Å². The van der Waals surface area contributed by atoms with Crippen LogP contribution in [0.4, 0.5) is 0 Å². The number of thiophene rings is 1. The highest BCUT2D eigenvalue weighted by Gasteiger charge is 2.21. The SMILES string of the molecule is CCc1ccsc1C(CC1CCOCC1)NC. The van der Waals surface area contributed by atoms with Crippen LogP contribution >= 0.6 is 11.3 Å². The summed E-state index contributed by atoms with van der Waals surface area (Å²) >= 11 is 1.90. The molecule has 0 aromatic carbocycles. The summed E-state index contributed by atoms with van der Waals surface area (Å²) in [4.78, 5) is 1.54. The van der Waals surface area contributed by atoms with E-state index < -0.39 is 0 Å². The molecule has 1 N–H and O–H groups in total. The van der Waals surface area contributed by atoms with Crippen molar-refractivity contribution in [3.05, 3.63) is 21.9 Å². The molecule has 1 saturated heterocycles. The van der Waals surface area contributed by atoms with Crippen LogP contribution in [0.5, 0.6) is 0 Å². The summed E-state index contributed by atoms with van der Waals surface area (Å²) in [6.45, 7) is 4.14. The predicted octanol–water partition coefficient (Wildman–Crippen LogP) is 3.39. The van der Waals surface area contributed by atoms with Gasteiger partial charge in [0.15, 0.2) is 0 Å². The third-order valence-corrected chi connectivity index (χ3v) is 4.81. The zero-order chi connectivity index (χ0) is 12.1. The van der Waals surface area contributed by atoms with Crippen LogP contribution in [-0.2, 0) is 11.2 Å². The van der Waals surface area contributed by atoms with Gasteiger partial charge in [0.1, 0.15) is 0 Å². The number of hydrogen-bond acceptors (Lipinski definition) is 3. The number of nitrogens with one attached hydrogen (secondary N) is 1. The van der Waals surface area contributed by atoms with Gasteiger partial charge in [-0.2, -0.15) is 0 Å². The first-order valence-electron chi connectivity index (χ1n) is 6.66. The van der Waals surface area contributed by atoms with E-state index in [0.717, 1.165) is 25.6 Å². The highest BCUT2D eigenvalue weighted by atomic mass is 32.1. The highest BCUT2D eigenvalue weighted by molar-refractivity contribution is 7.10. The molecule has 0 saturated carbocycles. The summed E-state index contributed by atoms with van der Waals surface area (Å²) in [7, 11) is 2.09. The monoisotopic (exact) mass is 253 g/mol. The van der Waals surface area contributed by atoms with E-state index in [-0.39, 0.29) is 0 Å². The number of hydrogen-bond donors (Lipinski definition) is 1. The van der Waals surface area contributed by atoms with Crippen molar-refractivity contribution in [3.63, 3.8) is 0 Å². The molecule has 96 valence electrons. The number of aryl methyl sites for hydroxylation is 1. The molecule has 1 atom stereocenters. The van der Waals surface area contributed by atoms with Gasteiger partial charge in [0.05, 0.1) is 0 Å². The van der Waals surface area contributed by atoms with Crippen LogP contribution in [0, 0.1) is 5.92 Å². The molecule has 0 aliphatic carbocycles. The molecule has 2 rings (SSSR count). The molecule has 17 heavy (non-hydrogen) atoms. The van der Waals surface area contributed by atoms with Crippen molar-refractivity contribution in [1.29, 1.82) is 0 Å². The number of rotatable bonds is 5. The van der Waals surface area contributed by atoms with Crippen LogP contribution in [-0.4, -0.2) is 20.3 Å². The van der Waals surface area contributed by atoms with Crippen molar-refractivity contribution >= 4 is 11.3 Å². The van der Waals surface area contributed by atoms with Gasteiger partial charge in [0, 0.05) is 24.1 Å². The normalized spacial score (nSPS) is 19.4. The van der Waals surface area contributed by atoms with Gasteiger partial charge in [-0.05, 0) is 55.7 Å². The fraction of sp³-hybridized carbons (Fsp3) is 0.714. The van der Waals surface area contributed by atoms with E-state index in [1.807, 2.05) is 11.3 Å². The molecule has 0 radical (unpaired) electrons. The van der Waals surface area contributed by atoms with Gasteiger partial charge in [-0.3, -0.25) is 0 Å². The van der Waals surface area contributed by atoms with E-state index in [1.54, 1.807) is 4.88 Å². The third-order valence-electron chi connectivity index (χ3n) is 3.74. The molecule has 1 fully saturated rings. The first-order chi connectivity index (χ1) is 8.35. The predicted molar refractivity (Wildman–Crippen MR) is 73.7 cm³/mol. The fourth-order valence-electron chi connectivity index (χ4n) is 2.62. The molecule has 0 amide bonds. The average Bonchev–Trinajstić information content (AvgIpc) is 2.85. The fourth-order valence-corrected chi connectivity index (χ4v) is 3.74. The van der Waals surface area contributed by atoms with Gasteiger partial charge in [-0.15, -0.1) is 11.3 Å². The second-order valence-corrected chi connectivity index (χ2v) is 5.74. The Labute approximate surface area is 108 Å². The summed E-state index contributed by atoms with van der Waals surface area (Å²) in [6, 6.07) is 2.81. The Bertz CT molecular complexity index is 331. The molecule has 1 aromatic rings. The maximum atomic E-state index is 5.43. The van der Waals surface area contributed by atoms with Crippen molar-refractivity contribution in [1.82, 2.24) is 5.32 Å². The Hall–Kier alpha value is -0.380. The van der Waals surface area contributed by atoms with Crippen LogP contribution < -0.4 is 5.32 Å². The first kappa shape index (κ1) is 13.1. The van der Waals surface area contributed by atoms with Crippen LogP contribution in [0.1, 0.15) is 42.7 Å². The Morgan fingerprint density at radius 3 is 2.88 bits per heavy atom. The van der Waals surface area contributed by atoms with E-state index in [0.29, 0.717) is 6.04 Å². The van der Waals surface area contributed by atoms with Crippen molar-refractivity contribution in [2.45, 2.75) is 38.6 Å². The van der Waals surface area contributed by atoms with Gasteiger partial charge in [0.25, 0.3) is 0 Å². The molecule has 2 nitrogen and oxygen atoms in total. The quantitative estimate of drug-likeness (QED) is 0.868. The zero-order valence-corrected chi connectivity index (χ0v) is 11.7. The van der Waals surface area contributed by atoms with Crippen LogP contribution in [0.15, 0.2) is 11.4 Å². The molecule has 1 aromatic heterocycles. The Morgan fingerprint density at radius 2 is 2.24 bits per heavy atom. The summed E-state index contributed by atoms with van der Waals surface area (Å²) in [5.74, 6) is 0.827. The van der Waals surface area contributed by atoms with Crippen molar-refractivity contribution in [2.24, 2.45) is 5.92 Å². The Morgan fingerprint density at radius 1 is 1.47 bits per heavy atom. The average molecular weight is 253 g/mol. The topological polar surface area (TPSA) is 21.3 Å². The van der Waals surface area contributed by atoms with Gasteiger partial charge < -0.3 is 10.1 Å². The van der Waals surface area contributed by atoms with Crippen molar-refractivity contribution < 1.29 is 4.74 Å². The minimum atomic E-state index is 0.535. The van der Waals surface area contributed by atoms with Crippen LogP contribution in [0.3, 0.4) is 0 Å². The van der Waals surface area contributed by atoms with Crippen LogP contribution in [0.25, 0.3) is 0 Å². The second kappa shape index (κ2) is 6.53. The van der Waals surface area contributed by atoms with Gasteiger partial charge in [0.2, 0.25) is 0 Å². The summed E-state index contributed by atoms with van der Waals surface area (Å²) in [5, 5.41) is 5.72. The lowest BCUT2D eigenvalue weighted by atomic mass is 9.91. The lowest BCUT2D eigenvalue weighted by molar-refractivity contribution is 0.0609. The lowest BCUT2D eigenvalue weighted by Crippen LogP contribution is -2.24. The summed E-state index contributed by atoms with van der Waals surface area (Å²) in [5.41, 5.74) is 1.52. The molecular weight excluding hydrogens is 230 g/mol. The smallest absolute Gasteiger partial charge is 0.0468 e. The Kier molecular flexibility index (Phi) is 5.01. The molecule has 2 heterocycles. The van der Waals surface area contributed by atoms with E-state index in [2.05, 4.69) is 30.7 Å². The molecule has 0 bridgehead atoms. The molecule has 3 heteroatoms. The molecule has 0 spiro atoms. The zero-order valence-electron chi connectivity index (χ0n) is 10.9. The molecular formula is C14H23NOS. The van der Waals surface area contributed by atoms with E-state index in [4.69, 9.17) is 4.74 Å². The largest absolute Gasteiger partial charge is 0.381 e. The highest BCUT2D eigenvalue weighted by Crippen LogP contribution is 2.32. The molecule has 1 aliphatic rings. The maximum Gasteiger partial charge on any atom is 0.0468 e. The third kappa shape index (κ3) is 3.30. The minimum absolute atomic E-state index is 0.535. The molecule has 1 aliphatic heterocycles.